The molecule has 0 atom stereocenters. The Hall–Kier alpha value is -2.43. The molecular formula is C14H15N3O2. The highest BCUT2D eigenvalue weighted by molar-refractivity contribution is 5.94. The zero-order valence-corrected chi connectivity index (χ0v) is 11.1. The summed E-state index contributed by atoms with van der Waals surface area (Å²) >= 11 is 0. The number of nitrogens with one attached hydrogen (secondary N) is 1. The van der Waals surface area contributed by atoms with E-state index in [-0.39, 0.29) is 0 Å². The van der Waals surface area contributed by atoms with E-state index in [4.69, 9.17) is 0 Å². The van der Waals surface area contributed by atoms with E-state index in [1.54, 1.807) is 7.05 Å². The minimum Gasteiger partial charge on any atom is -0.465 e. The number of methoxy groups -OCH3 is 1. The van der Waals surface area contributed by atoms with E-state index in [0.717, 1.165) is 5.56 Å². The largest absolute Gasteiger partial charge is 0.465 e. The zero-order valence-electron chi connectivity index (χ0n) is 11.1. The lowest BCUT2D eigenvalue weighted by Gasteiger charge is -2.08. The number of nitrogens with zero attached hydrogens (tertiary/aromatic N) is 2. The first-order valence-corrected chi connectivity index (χ1v) is 5.86. The predicted octanol–water partition coefficient (Wildman–Crippen LogP) is 2.28. The van der Waals surface area contributed by atoms with Crippen LogP contribution in [0.4, 0.5) is 5.82 Å². The molecule has 0 spiro atoms. The molecule has 98 valence electrons. The molecule has 0 saturated carbocycles. The molecule has 0 saturated heterocycles. The third-order valence-corrected chi connectivity index (χ3v) is 2.74. The summed E-state index contributed by atoms with van der Waals surface area (Å²) in [4.78, 5) is 20.1. The van der Waals surface area contributed by atoms with Crippen LogP contribution in [0.1, 0.15) is 15.9 Å². The third-order valence-electron chi connectivity index (χ3n) is 2.74. The van der Waals surface area contributed by atoms with Crippen molar-refractivity contribution in [3.05, 3.63) is 41.6 Å². The number of aryl methyl sites for hydroxylation is 1. The fourth-order valence-corrected chi connectivity index (χ4v) is 1.67. The molecule has 5 nitrogen and oxygen atoms in total. The lowest BCUT2D eigenvalue weighted by molar-refractivity contribution is 0.0601. The topological polar surface area (TPSA) is 64.1 Å². The van der Waals surface area contributed by atoms with Crippen LogP contribution in [0.3, 0.4) is 0 Å². The van der Waals surface area contributed by atoms with Crippen molar-refractivity contribution in [1.29, 1.82) is 0 Å². The number of esters is 1. The summed E-state index contributed by atoms with van der Waals surface area (Å²) in [7, 11) is 3.03. The van der Waals surface area contributed by atoms with E-state index >= 15 is 0 Å². The zero-order chi connectivity index (χ0) is 13.8. The lowest BCUT2D eigenvalue weighted by atomic mass is 10.1. The molecule has 2 aromatic rings. The quantitative estimate of drug-likeness (QED) is 0.855. The van der Waals surface area contributed by atoms with Gasteiger partial charge in [-0.3, -0.25) is 0 Å². The molecule has 5 heteroatoms. The summed E-state index contributed by atoms with van der Waals surface area (Å²) in [6.45, 7) is 2.02. The minimum atomic E-state index is -0.459. The highest BCUT2D eigenvalue weighted by Gasteiger charge is 2.14. The van der Waals surface area contributed by atoms with Gasteiger partial charge in [0, 0.05) is 18.8 Å². The number of ether oxygens (including phenoxy) is 1. The number of benzene rings is 1. The molecule has 1 aromatic heterocycles. The van der Waals surface area contributed by atoms with Crippen LogP contribution in [0.2, 0.25) is 0 Å². The van der Waals surface area contributed by atoms with Crippen LogP contribution in [-0.2, 0) is 4.74 Å². The van der Waals surface area contributed by atoms with Gasteiger partial charge in [0.1, 0.15) is 11.4 Å². The first kappa shape index (κ1) is 13.0. The summed E-state index contributed by atoms with van der Waals surface area (Å²) in [5, 5.41) is 2.88. The van der Waals surface area contributed by atoms with Gasteiger partial charge >= 0.3 is 5.97 Å². The standard InChI is InChI=1S/C14H15N3O2/c1-9-4-6-10(7-5-9)12-16-8-11(14(18)19-3)13(15-2)17-12/h4-8H,1-3H3,(H,15,16,17). The molecule has 0 unspecified atom stereocenters. The van der Waals surface area contributed by atoms with Crippen molar-refractivity contribution in [2.24, 2.45) is 0 Å². The van der Waals surface area contributed by atoms with Crippen molar-refractivity contribution in [2.45, 2.75) is 6.92 Å². The van der Waals surface area contributed by atoms with Crippen molar-refractivity contribution in [3.63, 3.8) is 0 Å². The van der Waals surface area contributed by atoms with Gasteiger partial charge < -0.3 is 10.1 Å². The number of carbonyl (C=O) groups excluding carboxylic acids is 1. The molecule has 1 heterocycles. The highest BCUT2D eigenvalue weighted by atomic mass is 16.5. The number of anilines is 1. The first-order chi connectivity index (χ1) is 9.15. The van der Waals surface area contributed by atoms with Crippen molar-refractivity contribution in [2.75, 3.05) is 19.5 Å². The van der Waals surface area contributed by atoms with Gasteiger partial charge in [-0.25, -0.2) is 14.8 Å². The molecule has 0 radical (unpaired) electrons. The maximum atomic E-state index is 11.5. The van der Waals surface area contributed by atoms with Crippen LogP contribution in [0.25, 0.3) is 11.4 Å². The van der Waals surface area contributed by atoms with Crippen LogP contribution in [0.5, 0.6) is 0 Å². The van der Waals surface area contributed by atoms with E-state index in [9.17, 15) is 4.79 Å². The van der Waals surface area contributed by atoms with Gasteiger partial charge in [-0.1, -0.05) is 29.8 Å². The van der Waals surface area contributed by atoms with Gasteiger partial charge in [-0.05, 0) is 6.92 Å². The van der Waals surface area contributed by atoms with Gasteiger partial charge in [0.15, 0.2) is 5.82 Å². The van der Waals surface area contributed by atoms with E-state index in [2.05, 4.69) is 20.0 Å². The maximum absolute atomic E-state index is 11.5. The Morgan fingerprint density at radius 2 is 1.95 bits per heavy atom. The van der Waals surface area contributed by atoms with E-state index in [0.29, 0.717) is 17.2 Å². The Balaban J connectivity index is 2.44. The van der Waals surface area contributed by atoms with Gasteiger partial charge in [-0.15, -0.1) is 0 Å². The first-order valence-electron chi connectivity index (χ1n) is 5.86. The molecule has 0 aliphatic heterocycles. The second kappa shape index (κ2) is 5.48. The van der Waals surface area contributed by atoms with Crippen molar-refractivity contribution >= 4 is 11.8 Å². The number of rotatable bonds is 3. The average Bonchev–Trinajstić information content (AvgIpc) is 2.46. The van der Waals surface area contributed by atoms with Crippen LogP contribution >= 0.6 is 0 Å². The Labute approximate surface area is 111 Å². The van der Waals surface area contributed by atoms with Crippen molar-refractivity contribution in [3.8, 4) is 11.4 Å². The number of hydrogen-bond acceptors (Lipinski definition) is 5. The second-order valence-corrected chi connectivity index (χ2v) is 4.06. The molecule has 0 aliphatic carbocycles. The summed E-state index contributed by atoms with van der Waals surface area (Å²) in [5.41, 5.74) is 2.39. The third kappa shape index (κ3) is 2.70. The minimum absolute atomic E-state index is 0.320. The fraction of sp³-hybridized carbons (Fsp3) is 0.214. The Bertz CT molecular complexity index is 594. The molecular weight excluding hydrogens is 242 g/mol. The normalized spacial score (nSPS) is 10.1. The van der Waals surface area contributed by atoms with Crippen molar-refractivity contribution < 1.29 is 9.53 Å². The molecule has 0 fully saturated rings. The Morgan fingerprint density at radius 3 is 2.53 bits per heavy atom. The maximum Gasteiger partial charge on any atom is 0.343 e. The monoisotopic (exact) mass is 257 g/mol. The second-order valence-electron chi connectivity index (χ2n) is 4.06. The van der Waals surface area contributed by atoms with Gasteiger partial charge in [-0.2, -0.15) is 0 Å². The van der Waals surface area contributed by atoms with Crippen molar-refractivity contribution in [1.82, 2.24) is 9.97 Å². The van der Waals surface area contributed by atoms with Gasteiger partial charge in [0.05, 0.1) is 7.11 Å². The summed E-state index contributed by atoms with van der Waals surface area (Å²) < 4.78 is 4.68. The fourth-order valence-electron chi connectivity index (χ4n) is 1.67. The SMILES string of the molecule is CNc1nc(-c2ccc(C)cc2)ncc1C(=O)OC. The van der Waals surface area contributed by atoms with E-state index in [1.807, 2.05) is 31.2 Å². The van der Waals surface area contributed by atoms with Gasteiger partial charge in [0.2, 0.25) is 0 Å². The Morgan fingerprint density at radius 1 is 1.26 bits per heavy atom. The number of aromatic nitrogens is 2. The van der Waals surface area contributed by atoms with Crippen LogP contribution in [0.15, 0.2) is 30.5 Å². The molecule has 0 bridgehead atoms. The van der Waals surface area contributed by atoms with Gasteiger partial charge in [0.25, 0.3) is 0 Å². The predicted molar refractivity (Wildman–Crippen MR) is 73.1 cm³/mol. The summed E-state index contributed by atoms with van der Waals surface area (Å²) in [5.74, 6) is 0.564. The molecule has 1 aromatic carbocycles. The molecule has 1 N–H and O–H groups in total. The molecule has 2 rings (SSSR count). The van der Waals surface area contributed by atoms with Crippen LogP contribution in [0, 0.1) is 6.92 Å². The molecule has 0 amide bonds. The smallest absolute Gasteiger partial charge is 0.343 e. The highest BCUT2D eigenvalue weighted by Crippen LogP contribution is 2.20. The summed E-state index contributed by atoms with van der Waals surface area (Å²) in [6.07, 6.45) is 1.47. The molecule has 0 aliphatic rings. The van der Waals surface area contributed by atoms with E-state index in [1.165, 1.54) is 18.9 Å². The number of carbonyl (C=O) groups is 1. The lowest BCUT2D eigenvalue weighted by Crippen LogP contribution is -2.09. The van der Waals surface area contributed by atoms with Crippen LogP contribution < -0.4 is 5.32 Å². The molecule has 19 heavy (non-hydrogen) atoms. The number of hydrogen-bond donors (Lipinski definition) is 1. The Kier molecular flexibility index (Phi) is 3.75. The average molecular weight is 257 g/mol. The summed E-state index contributed by atoms with van der Waals surface area (Å²) in [6, 6.07) is 7.88. The van der Waals surface area contributed by atoms with Crippen LogP contribution in [-0.4, -0.2) is 30.1 Å². The van der Waals surface area contributed by atoms with E-state index < -0.39 is 5.97 Å².